The lowest BCUT2D eigenvalue weighted by Gasteiger charge is -2.16. The molecule has 0 saturated heterocycles. The minimum atomic E-state index is -3.46. The lowest BCUT2D eigenvalue weighted by molar-refractivity contribution is 0.100. The molecule has 0 unspecified atom stereocenters. The van der Waals surface area contributed by atoms with Crippen LogP contribution in [0.2, 0.25) is 0 Å². The van der Waals surface area contributed by atoms with Gasteiger partial charge in [0.05, 0.1) is 33.4 Å². The number of nitrogens with zero attached hydrogens (tertiary/aromatic N) is 3. The van der Waals surface area contributed by atoms with Crippen molar-refractivity contribution in [2.45, 2.75) is 18.2 Å². The van der Waals surface area contributed by atoms with Gasteiger partial charge in [-0.1, -0.05) is 6.92 Å². The van der Waals surface area contributed by atoms with E-state index in [9.17, 15) is 13.2 Å². The van der Waals surface area contributed by atoms with Gasteiger partial charge in [0.2, 0.25) is 0 Å². The average Bonchev–Trinajstić information content (AvgIpc) is 3.06. The van der Waals surface area contributed by atoms with Crippen LogP contribution in [0.3, 0.4) is 0 Å². The van der Waals surface area contributed by atoms with Crippen LogP contribution < -0.4 is 11.1 Å². The van der Waals surface area contributed by atoms with E-state index >= 15 is 0 Å². The molecule has 0 spiro atoms. The zero-order chi connectivity index (χ0) is 21.6. The van der Waals surface area contributed by atoms with E-state index in [4.69, 9.17) is 5.73 Å². The molecule has 4 rings (SSSR count). The Balaban J connectivity index is 2.00. The predicted octanol–water partition coefficient (Wildman–Crippen LogP) is 2.93. The lowest BCUT2D eigenvalue weighted by Crippen LogP contribution is -2.14. The molecule has 2 aromatic heterocycles. The highest BCUT2D eigenvalue weighted by molar-refractivity contribution is 7.90. The molecular formula is C21H21N5O3S. The van der Waals surface area contributed by atoms with Gasteiger partial charge in [0.1, 0.15) is 0 Å². The van der Waals surface area contributed by atoms with Crippen LogP contribution in [0.4, 0.5) is 11.4 Å². The minimum Gasteiger partial charge on any atom is -0.365 e. The van der Waals surface area contributed by atoms with E-state index in [2.05, 4.69) is 15.4 Å². The molecule has 2 heterocycles. The highest BCUT2D eigenvalue weighted by atomic mass is 32.2. The highest BCUT2D eigenvalue weighted by Crippen LogP contribution is 2.33. The molecule has 0 aliphatic carbocycles. The third-order valence-corrected chi connectivity index (χ3v) is 6.21. The maximum atomic E-state index is 12.2. The zero-order valence-electron chi connectivity index (χ0n) is 16.8. The Morgan fingerprint density at radius 2 is 1.97 bits per heavy atom. The van der Waals surface area contributed by atoms with E-state index in [1.165, 1.54) is 12.3 Å². The lowest BCUT2D eigenvalue weighted by atomic mass is 10.0. The number of carbonyl (C=O) groups excluding carboxylic acids is 1. The summed E-state index contributed by atoms with van der Waals surface area (Å²) in [5.74, 6) is -0.656. The number of nitrogens with two attached hydrogens (primary N) is 1. The van der Waals surface area contributed by atoms with E-state index in [0.717, 1.165) is 22.7 Å². The summed E-state index contributed by atoms with van der Waals surface area (Å²) < 4.78 is 26.2. The molecular weight excluding hydrogens is 402 g/mol. The number of anilines is 2. The van der Waals surface area contributed by atoms with E-state index in [1.54, 1.807) is 16.9 Å². The molecule has 0 bridgehead atoms. The maximum Gasteiger partial charge on any atom is 0.252 e. The molecule has 2 aromatic carbocycles. The number of sulfone groups is 1. The molecule has 8 nitrogen and oxygen atoms in total. The second-order valence-electron chi connectivity index (χ2n) is 7.18. The molecule has 0 aliphatic rings. The summed E-state index contributed by atoms with van der Waals surface area (Å²) in [5, 5.41) is 9.00. The molecule has 4 aromatic rings. The Kier molecular flexibility index (Phi) is 4.70. The molecule has 1 amide bonds. The van der Waals surface area contributed by atoms with Crippen molar-refractivity contribution in [1.82, 2.24) is 14.8 Å². The number of aryl methyl sites for hydroxylation is 2. The topological polar surface area (TPSA) is 120 Å². The number of carbonyl (C=O) groups is 1. The number of aromatic nitrogens is 3. The molecule has 0 saturated carbocycles. The number of hydrogen-bond acceptors (Lipinski definition) is 6. The van der Waals surface area contributed by atoms with Crippen molar-refractivity contribution >= 4 is 48.9 Å². The van der Waals surface area contributed by atoms with Crippen molar-refractivity contribution < 1.29 is 13.2 Å². The summed E-state index contributed by atoms with van der Waals surface area (Å²) in [6.45, 7) is 1.92. The molecule has 30 heavy (non-hydrogen) atoms. The molecule has 0 atom stereocenters. The molecule has 154 valence electrons. The number of benzene rings is 2. The van der Waals surface area contributed by atoms with Crippen LogP contribution in [0, 0.1) is 0 Å². The fourth-order valence-corrected chi connectivity index (χ4v) is 4.21. The first-order chi connectivity index (χ1) is 14.2. The molecule has 3 N–H and O–H groups in total. The SMILES string of the molecule is CCc1cc(S(C)(=O)=O)cc2c(Nc3ccc4cnn(C)c4c3)c(C(N)=O)cnc12. The zero-order valence-corrected chi connectivity index (χ0v) is 17.6. The van der Waals surface area contributed by atoms with Gasteiger partial charge in [0.25, 0.3) is 5.91 Å². The van der Waals surface area contributed by atoms with Crippen LogP contribution >= 0.6 is 0 Å². The van der Waals surface area contributed by atoms with E-state index < -0.39 is 15.7 Å². The number of primary amides is 1. The van der Waals surface area contributed by atoms with Crippen molar-refractivity contribution in [3.63, 3.8) is 0 Å². The molecule has 0 aliphatic heterocycles. The van der Waals surface area contributed by atoms with Crippen LogP contribution in [-0.2, 0) is 23.3 Å². The van der Waals surface area contributed by atoms with Gasteiger partial charge in [-0.15, -0.1) is 0 Å². The van der Waals surface area contributed by atoms with Crippen molar-refractivity contribution in [2.75, 3.05) is 11.6 Å². The van der Waals surface area contributed by atoms with E-state index in [1.807, 2.05) is 32.2 Å². The Morgan fingerprint density at radius 3 is 2.63 bits per heavy atom. The van der Waals surface area contributed by atoms with Crippen molar-refractivity contribution in [1.29, 1.82) is 0 Å². The standard InChI is InChI=1S/C21H21N5O3S/c1-4-12-7-15(30(3,28)29)9-16-19(12)23-11-17(21(22)27)20(16)25-14-6-5-13-10-24-26(2)18(13)8-14/h5-11H,4H2,1-3H3,(H2,22,27)(H,23,25). The summed E-state index contributed by atoms with van der Waals surface area (Å²) in [4.78, 5) is 16.7. The Hall–Kier alpha value is -3.46. The average molecular weight is 423 g/mol. The fourth-order valence-electron chi connectivity index (χ4n) is 3.52. The van der Waals surface area contributed by atoms with Crippen LogP contribution in [0.1, 0.15) is 22.8 Å². The first-order valence-corrected chi connectivity index (χ1v) is 11.2. The van der Waals surface area contributed by atoms with E-state index in [-0.39, 0.29) is 10.5 Å². The number of amides is 1. The third kappa shape index (κ3) is 3.37. The second kappa shape index (κ2) is 7.10. The largest absolute Gasteiger partial charge is 0.365 e. The van der Waals surface area contributed by atoms with Gasteiger partial charge in [-0.25, -0.2) is 8.42 Å². The van der Waals surface area contributed by atoms with Gasteiger partial charge in [-0.3, -0.25) is 14.5 Å². The van der Waals surface area contributed by atoms with Crippen LogP contribution in [0.25, 0.3) is 21.8 Å². The van der Waals surface area contributed by atoms with Crippen molar-refractivity contribution in [3.05, 3.63) is 53.9 Å². The monoisotopic (exact) mass is 423 g/mol. The van der Waals surface area contributed by atoms with Crippen molar-refractivity contribution in [3.8, 4) is 0 Å². The van der Waals surface area contributed by atoms with Crippen LogP contribution in [-0.4, -0.2) is 35.3 Å². The minimum absolute atomic E-state index is 0.167. The van der Waals surface area contributed by atoms with Crippen LogP contribution in [0.15, 0.2) is 47.6 Å². The third-order valence-electron chi connectivity index (χ3n) is 5.12. The molecule has 0 radical (unpaired) electrons. The quantitative estimate of drug-likeness (QED) is 0.509. The summed E-state index contributed by atoms with van der Waals surface area (Å²) in [7, 11) is -1.62. The number of fused-ring (bicyclic) bond motifs is 2. The van der Waals surface area contributed by atoms with E-state index in [0.29, 0.717) is 28.7 Å². The summed E-state index contributed by atoms with van der Waals surface area (Å²) in [6, 6.07) is 8.84. The highest BCUT2D eigenvalue weighted by Gasteiger charge is 2.19. The fraction of sp³-hybridized carbons (Fsp3) is 0.190. The van der Waals surface area contributed by atoms with Gasteiger partial charge in [0, 0.05) is 36.0 Å². The number of nitrogens with one attached hydrogen (secondary N) is 1. The van der Waals surface area contributed by atoms with Gasteiger partial charge >= 0.3 is 0 Å². The van der Waals surface area contributed by atoms with Gasteiger partial charge in [-0.2, -0.15) is 5.10 Å². The second-order valence-corrected chi connectivity index (χ2v) is 9.20. The Bertz CT molecular complexity index is 1420. The molecule has 0 fully saturated rings. The number of pyridine rings is 1. The number of rotatable bonds is 5. The first kappa shape index (κ1) is 19.8. The summed E-state index contributed by atoms with van der Waals surface area (Å²) in [5.41, 5.74) is 9.22. The number of hydrogen-bond donors (Lipinski definition) is 2. The molecule has 9 heteroatoms. The van der Waals surface area contributed by atoms with Gasteiger partial charge < -0.3 is 11.1 Å². The Labute approximate surface area is 173 Å². The normalized spacial score (nSPS) is 11.8. The predicted molar refractivity (Wildman–Crippen MR) is 117 cm³/mol. The Morgan fingerprint density at radius 1 is 1.20 bits per heavy atom. The van der Waals surface area contributed by atoms with Gasteiger partial charge in [0.15, 0.2) is 9.84 Å². The van der Waals surface area contributed by atoms with Crippen molar-refractivity contribution in [2.24, 2.45) is 12.8 Å². The smallest absolute Gasteiger partial charge is 0.252 e. The van der Waals surface area contributed by atoms with Crippen LogP contribution in [0.5, 0.6) is 0 Å². The van der Waals surface area contributed by atoms with Gasteiger partial charge in [-0.05, 0) is 42.3 Å². The first-order valence-electron chi connectivity index (χ1n) is 9.33. The summed E-state index contributed by atoms with van der Waals surface area (Å²) >= 11 is 0. The summed E-state index contributed by atoms with van der Waals surface area (Å²) in [6.07, 6.45) is 4.93. The maximum absolute atomic E-state index is 12.2.